The molecule has 1 heterocycles. The van der Waals surface area contributed by atoms with Crippen LogP contribution in [0.2, 0.25) is 0 Å². The first-order chi connectivity index (χ1) is 12.3. The van der Waals surface area contributed by atoms with Gasteiger partial charge in [0.2, 0.25) is 10.0 Å². The molecule has 27 heavy (non-hydrogen) atoms. The maximum atomic E-state index is 12.7. The summed E-state index contributed by atoms with van der Waals surface area (Å²) in [6.45, 7) is -1.78. The van der Waals surface area contributed by atoms with Gasteiger partial charge in [-0.1, -0.05) is 18.2 Å². The number of benzene rings is 1. The molecule has 0 fully saturated rings. The fourth-order valence-electron chi connectivity index (χ4n) is 2.28. The molecule has 2 rings (SSSR count). The largest absolute Gasteiger partial charge is 0.416 e. The zero-order valence-corrected chi connectivity index (χ0v) is 14.7. The highest BCUT2D eigenvalue weighted by molar-refractivity contribution is 7.88. The first-order valence-corrected chi connectivity index (χ1v) is 9.06. The maximum Gasteiger partial charge on any atom is 0.416 e. The SMILES string of the molecule is CN(Cc1nccn1CC(F)(F)F)S(=O)(=O)Cc1cccc(C(F)(F)F)c1. The van der Waals surface area contributed by atoms with Crippen molar-refractivity contribution in [1.82, 2.24) is 13.9 Å². The Kier molecular flexibility index (Phi) is 5.90. The van der Waals surface area contributed by atoms with Crippen LogP contribution >= 0.6 is 0 Å². The molecule has 0 unspecified atom stereocenters. The highest BCUT2D eigenvalue weighted by Crippen LogP contribution is 2.30. The number of halogens is 6. The maximum absolute atomic E-state index is 12.7. The third-order valence-corrected chi connectivity index (χ3v) is 5.37. The number of hydrogen-bond donors (Lipinski definition) is 0. The van der Waals surface area contributed by atoms with E-state index >= 15 is 0 Å². The Bertz CT molecular complexity index is 889. The predicted molar refractivity (Wildman–Crippen MR) is 83.8 cm³/mol. The van der Waals surface area contributed by atoms with E-state index in [1.165, 1.54) is 6.07 Å². The summed E-state index contributed by atoms with van der Waals surface area (Å²) in [6.07, 6.45) is -6.95. The normalized spacial score (nSPS) is 13.3. The van der Waals surface area contributed by atoms with Gasteiger partial charge in [0.05, 0.1) is 17.9 Å². The molecule has 0 aliphatic carbocycles. The lowest BCUT2D eigenvalue weighted by Crippen LogP contribution is -2.30. The van der Waals surface area contributed by atoms with Gasteiger partial charge in [0, 0.05) is 19.4 Å². The molecule has 0 aliphatic rings. The fourth-order valence-corrected chi connectivity index (χ4v) is 3.42. The van der Waals surface area contributed by atoms with Crippen molar-refractivity contribution in [3.05, 3.63) is 53.6 Å². The number of hydrogen-bond acceptors (Lipinski definition) is 3. The quantitative estimate of drug-likeness (QED) is 0.680. The van der Waals surface area contributed by atoms with Crippen molar-refractivity contribution in [3.63, 3.8) is 0 Å². The Morgan fingerprint density at radius 3 is 2.41 bits per heavy atom. The van der Waals surface area contributed by atoms with Crippen molar-refractivity contribution in [1.29, 1.82) is 0 Å². The van der Waals surface area contributed by atoms with E-state index in [1.54, 1.807) is 0 Å². The fraction of sp³-hybridized carbons (Fsp3) is 0.400. The molecular weight excluding hydrogens is 400 g/mol. The van der Waals surface area contributed by atoms with Crippen LogP contribution in [0.15, 0.2) is 36.7 Å². The monoisotopic (exact) mass is 415 g/mol. The van der Waals surface area contributed by atoms with E-state index < -0.39 is 46.8 Å². The van der Waals surface area contributed by atoms with Crippen molar-refractivity contribution in [2.45, 2.75) is 31.2 Å². The highest BCUT2D eigenvalue weighted by Gasteiger charge is 2.32. The zero-order valence-electron chi connectivity index (χ0n) is 13.9. The summed E-state index contributed by atoms with van der Waals surface area (Å²) in [5.74, 6) is -0.865. The Hall–Kier alpha value is -2.08. The standard InChI is InChI=1S/C15H15F6N3O2S/c1-23(8-13-22-5-6-24(13)10-14(16,17)18)27(25,26)9-11-3-2-4-12(7-11)15(19,20)21/h2-7H,8-10H2,1H3. The molecule has 150 valence electrons. The summed E-state index contributed by atoms with van der Waals surface area (Å²) in [4.78, 5) is 3.72. The Morgan fingerprint density at radius 1 is 1.15 bits per heavy atom. The molecular formula is C15H15F6N3O2S. The van der Waals surface area contributed by atoms with Crippen LogP contribution in [-0.2, 0) is 35.0 Å². The van der Waals surface area contributed by atoms with Gasteiger partial charge in [0.25, 0.3) is 0 Å². The summed E-state index contributed by atoms with van der Waals surface area (Å²) in [5, 5.41) is 0. The summed E-state index contributed by atoms with van der Waals surface area (Å²) in [5.41, 5.74) is -1.08. The minimum absolute atomic E-state index is 0.0877. The van der Waals surface area contributed by atoms with Gasteiger partial charge in [-0.15, -0.1) is 0 Å². The van der Waals surface area contributed by atoms with E-state index in [0.29, 0.717) is 0 Å². The van der Waals surface area contributed by atoms with Crippen LogP contribution < -0.4 is 0 Å². The van der Waals surface area contributed by atoms with Crippen molar-refractivity contribution >= 4 is 10.0 Å². The van der Waals surface area contributed by atoms with Crippen LogP contribution in [0.25, 0.3) is 0 Å². The summed E-state index contributed by atoms with van der Waals surface area (Å²) < 4.78 is 102. The molecule has 0 spiro atoms. The molecule has 0 saturated carbocycles. The zero-order chi connectivity index (χ0) is 20.5. The van der Waals surface area contributed by atoms with Gasteiger partial charge < -0.3 is 4.57 Å². The van der Waals surface area contributed by atoms with Gasteiger partial charge in [0.15, 0.2) is 0 Å². The van der Waals surface area contributed by atoms with E-state index in [2.05, 4.69) is 4.98 Å². The average Bonchev–Trinajstić information content (AvgIpc) is 2.91. The van der Waals surface area contributed by atoms with Crippen LogP contribution in [0.5, 0.6) is 0 Å². The molecule has 0 atom stereocenters. The Balaban J connectivity index is 2.15. The van der Waals surface area contributed by atoms with Crippen molar-refractivity contribution in [2.75, 3.05) is 7.05 Å². The number of nitrogens with zero attached hydrogens (tertiary/aromatic N) is 3. The van der Waals surface area contributed by atoms with Gasteiger partial charge in [-0.2, -0.15) is 30.6 Å². The van der Waals surface area contributed by atoms with E-state index in [0.717, 1.165) is 46.5 Å². The first-order valence-electron chi connectivity index (χ1n) is 7.45. The second-order valence-electron chi connectivity index (χ2n) is 5.80. The Morgan fingerprint density at radius 2 is 1.81 bits per heavy atom. The average molecular weight is 415 g/mol. The van der Waals surface area contributed by atoms with Crippen LogP contribution in [0.3, 0.4) is 0 Å². The van der Waals surface area contributed by atoms with Gasteiger partial charge >= 0.3 is 12.4 Å². The number of alkyl halides is 6. The van der Waals surface area contributed by atoms with Gasteiger partial charge in [-0.25, -0.2) is 13.4 Å². The van der Waals surface area contributed by atoms with E-state index in [9.17, 15) is 34.8 Å². The minimum atomic E-state index is -4.62. The lowest BCUT2D eigenvalue weighted by molar-refractivity contribution is -0.141. The summed E-state index contributed by atoms with van der Waals surface area (Å²) in [7, 11) is -2.96. The van der Waals surface area contributed by atoms with Gasteiger partial charge in [-0.3, -0.25) is 0 Å². The smallest absolute Gasteiger partial charge is 0.325 e. The highest BCUT2D eigenvalue weighted by atomic mass is 32.2. The summed E-state index contributed by atoms with van der Waals surface area (Å²) in [6, 6.07) is 3.85. The van der Waals surface area contributed by atoms with Gasteiger partial charge in [-0.05, 0) is 11.6 Å². The van der Waals surface area contributed by atoms with Crippen molar-refractivity contribution in [2.24, 2.45) is 0 Å². The number of sulfonamides is 1. The first kappa shape index (κ1) is 21.2. The predicted octanol–water partition coefficient (Wildman–Crippen LogP) is 3.43. The van der Waals surface area contributed by atoms with Crippen LogP contribution in [-0.4, -0.2) is 35.5 Å². The lowest BCUT2D eigenvalue weighted by Gasteiger charge is -2.18. The van der Waals surface area contributed by atoms with E-state index in [-0.39, 0.29) is 11.4 Å². The Labute approximate surface area is 151 Å². The molecule has 1 aromatic heterocycles. The summed E-state index contributed by atoms with van der Waals surface area (Å²) >= 11 is 0. The number of aromatic nitrogens is 2. The molecule has 12 heteroatoms. The van der Waals surface area contributed by atoms with Crippen LogP contribution in [0, 0.1) is 0 Å². The molecule has 5 nitrogen and oxygen atoms in total. The molecule has 0 bridgehead atoms. The van der Waals surface area contributed by atoms with Crippen molar-refractivity contribution < 1.29 is 34.8 Å². The lowest BCUT2D eigenvalue weighted by atomic mass is 10.1. The molecule has 0 N–H and O–H groups in total. The third kappa shape index (κ3) is 5.96. The second-order valence-corrected chi connectivity index (χ2v) is 7.87. The van der Waals surface area contributed by atoms with Crippen molar-refractivity contribution in [3.8, 4) is 0 Å². The number of rotatable bonds is 6. The molecule has 1 aromatic carbocycles. The number of imidazole rings is 1. The second kappa shape index (κ2) is 7.50. The molecule has 0 radical (unpaired) electrons. The van der Waals surface area contributed by atoms with Crippen LogP contribution in [0.1, 0.15) is 17.0 Å². The molecule has 0 aliphatic heterocycles. The van der Waals surface area contributed by atoms with Gasteiger partial charge in [0.1, 0.15) is 12.4 Å². The molecule has 2 aromatic rings. The van der Waals surface area contributed by atoms with E-state index in [4.69, 9.17) is 0 Å². The minimum Gasteiger partial charge on any atom is -0.325 e. The van der Waals surface area contributed by atoms with E-state index in [1.807, 2.05) is 0 Å². The third-order valence-electron chi connectivity index (χ3n) is 3.59. The topological polar surface area (TPSA) is 55.2 Å². The molecule has 0 saturated heterocycles. The van der Waals surface area contributed by atoms with Crippen LogP contribution in [0.4, 0.5) is 26.3 Å². The molecule has 0 amide bonds.